The Balaban J connectivity index is 1.65. The van der Waals surface area contributed by atoms with Crippen LogP contribution in [0.25, 0.3) is 11.0 Å². The van der Waals surface area contributed by atoms with E-state index in [9.17, 15) is 14.4 Å². The van der Waals surface area contributed by atoms with E-state index in [1.807, 2.05) is 12.1 Å². The van der Waals surface area contributed by atoms with Gasteiger partial charge in [0.25, 0.3) is 5.56 Å². The molecule has 0 N–H and O–H groups in total. The smallest absolute Gasteiger partial charge is 0.252 e. The summed E-state index contributed by atoms with van der Waals surface area (Å²) in [4.78, 5) is 21.7. The second kappa shape index (κ2) is 8.25. The third kappa shape index (κ3) is 3.79. The fourth-order valence-electron chi connectivity index (χ4n) is 4.17. The number of nitrogens with zero attached hydrogens (tertiary/aromatic N) is 5. The van der Waals surface area contributed by atoms with Crippen molar-refractivity contribution in [2.75, 3.05) is 24.5 Å². The first-order valence-electron chi connectivity index (χ1n) is 10.1. The molecule has 3 heterocycles. The zero-order valence-electron chi connectivity index (χ0n) is 17.2. The van der Waals surface area contributed by atoms with Crippen molar-refractivity contribution in [1.29, 1.82) is 5.26 Å². The van der Waals surface area contributed by atoms with Gasteiger partial charge in [-0.05, 0) is 36.2 Å². The molecule has 30 heavy (non-hydrogen) atoms. The number of rotatable bonds is 4. The highest BCUT2D eigenvalue weighted by Gasteiger charge is 2.28. The maximum absolute atomic E-state index is 13.2. The van der Waals surface area contributed by atoms with Crippen molar-refractivity contribution in [3.05, 3.63) is 69.9 Å². The minimum atomic E-state index is -0.225. The highest BCUT2D eigenvalue weighted by atomic mass is 19.1. The predicted octanol–water partition coefficient (Wildman–Crippen LogP) is 3.05. The summed E-state index contributed by atoms with van der Waals surface area (Å²) in [6.07, 6.45) is 0.911. The molecule has 0 amide bonds. The number of benzene rings is 1. The van der Waals surface area contributed by atoms with Crippen LogP contribution in [0.4, 0.5) is 10.1 Å². The van der Waals surface area contributed by atoms with E-state index in [-0.39, 0.29) is 17.4 Å². The van der Waals surface area contributed by atoms with Crippen LogP contribution in [-0.2, 0) is 13.6 Å². The number of nitriles is 1. The van der Waals surface area contributed by atoms with Crippen LogP contribution in [-0.4, -0.2) is 40.1 Å². The second-order valence-electron chi connectivity index (χ2n) is 7.72. The summed E-state index contributed by atoms with van der Waals surface area (Å²) in [5, 5.41) is 9.29. The van der Waals surface area contributed by atoms with Gasteiger partial charge in [-0.1, -0.05) is 19.1 Å². The first-order chi connectivity index (χ1) is 14.5. The number of anilines is 1. The van der Waals surface area contributed by atoms with Crippen LogP contribution in [0.1, 0.15) is 24.6 Å². The molecule has 154 valence electrons. The SMILES string of the molecule is CC[C@H]1CN(Cc2ccc(F)cc2)CCN1c1cc(=O)n(C)c2ccc(C#N)nc12. The Kier molecular flexibility index (Phi) is 5.51. The molecule has 0 spiro atoms. The van der Waals surface area contributed by atoms with Crippen molar-refractivity contribution in [3.8, 4) is 6.07 Å². The normalized spacial score (nSPS) is 17.3. The first-order valence-corrected chi connectivity index (χ1v) is 10.1. The highest BCUT2D eigenvalue weighted by molar-refractivity contribution is 5.89. The van der Waals surface area contributed by atoms with Gasteiger partial charge in [-0.15, -0.1) is 0 Å². The average molecular weight is 405 g/mol. The lowest BCUT2D eigenvalue weighted by Crippen LogP contribution is -2.53. The Bertz CT molecular complexity index is 1170. The van der Waals surface area contributed by atoms with E-state index in [2.05, 4.69) is 27.8 Å². The molecule has 7 heteroatoms. The Labute approximate surface area is 174 Å². The molecule has 0 bridgehead atoms. The standard InChI is InChI=1S/C23H24FN5O/c1-3-19-15-28(14-16-4-6-17(24)7-5-16)10-11-29(19)21-12-22(30)27(2)20-9-8-18(13-25)26-23(20)21/h4-9,12,19H,3,10-11,14-15H2,1-2H3/t19-/m0/s1. The van der Waals surface area contributed by atoms with Crippen LogP contribution in [0.5, 0.6) is 0 Å². The molecule has 2 aromatic heterocycles. The van der Waals surface area contributed by atoms with E-state index in [0.29, 0.717) is 11.2 Å². The molecule has 3 aromatic rings. The molecule has 0 unspecified atom stereocenters. The van der Waals surface area contributed by atoms with E-state index in [1.165, 1.54) is 12.1 Å². The number of aromatic nitrogens is 2. The van der Waals surface area contributed by atoms with Crippen molar-refractivity contribution >= 4 is 16.7 Å². The van der Waals surface area contributed by atoms with Gasteiger partial charge < -0.3 is 9.47 Å². The van der Waals surface area contributed by atoms with Crippen molar-refractivity contribution in [2.45, 2.75) is 25.9 Å². The summed E-state index contributed by atoms with van der Waals surface area (Å²) in [7, 11) is 1.72. The van der Waals surface area contributed by atoms with E-state index >= 15 is 0 Å². The van der Waals surface area contributed by atoms with Gasteiger partial charge in [-0.25, -0.2) is 9.37 Å². The molecule has 4 rings (SSSR count). The molecule has 0 radical (unpaired) electrons. The summed E-state index contributed by atoms with van der Waals surface area (Å²) in [5.74, 6) is -0.225. The zero-order valence-corrected chi connectivity index (χ0v) is 17.2. The summed E-state index contributed by atoms with van der Waals surface area (Å²) in [6, 6.07) is 14.0. The van der Waals surface area contributed by atoms with Crippen LogP contribution < -0.4 is 10.5 Å². The molecule has 0 saturated carbocycles. The van der Waals surface area contributed by atoms with Gasteiger partial charge in [0.2, 0.25) is 0 Å². The summed E-state index contributed by atoms with van der Waals surface area (Å²) < 4.78 is 14.8. The third-order valence-electron chi connectivity index (χ3n) is 5.85. The predicted molar refractivity (Wildman–Crippen MR) is 115 cm³/mol. The number of piperazine rings is 1. The van der Waals surface area contributed by atoms with Crippen molar-refractivity contribution in [1.82, 2.24) is 14.5 Å². The molecule has 1 saturated heterocycles. The highest BCUT2D eigenvalue weighted by Crippen LogP contribution is 2.28. The van der Waals surface area contributed by atoms with Crippen molar-refractivity contribution in [2.24, 2.45) is 7.05 Å². The van der Waals surface area contributed by atoms with Gasteiger partial charge in [0.15, 0.2) is 0 Å². The number of hydrogen-bond acceptors (Lipinski definition) is 5. The van der Waals surface area contributed by atoms with Crippen LogP contribution in [0.3, 0.4) is 0 Å². The Morgan fingerprint density at radius 2 is 1.97 bits per heavy atom. The fourth-order valence-corrected chi connectivity index (χ4v) is 4.17. The number of aryl methyl sites for hydroxylation is 1. The van der Waals surface area contributed by atoms with E-state index in [0.717, 1.165) is 49.4 Å². The average Bonchev–Trinajstić information content (AvgIpc) is 2.77. The van der Waals surface area contributed by atoms with Gasteiger partial charge in [0.05, 0.1) is 11.2 Å². The van der Waals surface area contributed by atoms with Gasteiger partial charge in [-0.3, -0.25) is 9.69 Å². The quantitative estimate of drug-likeness (QED) is 0.668. The molecule has 1 atom stereocenters. The van der Waals surface area contributed by atoms with Gasteiger partial charge in [0.1, 0.15) is 23.1 Å². The maximum Gasteiger partial charge on any atom is 0.252 e. The van der Waals surface area contributed by atoms with Crippen LogP contribution in [0.2, 0.25) is 0 Å². The van der Waals surface area contributed by atoms with E-state index in [4.69, 9.17) is 0 Å². The largest absolute Gasteiger partial charge is 0.364 e. The van der Waals surface area contributed by atoms with Crippen LogP contribution >= 0.6 is 0 Å². The third-order valence-corrected chi connectivity index (χ3v) is 5.85. The zero-order chi connectivity index (χ0) is 21.3. The molecular formula is C23H24FN5O. The molecule has 1 aromatic carbocycles. The summed E-state index contributed by atoms with van der Waals surface area (Å²) >= 11 is 0. The molecular weight excluding hydrogens is 381 g/mol. The number of fused-ring (bicyclic) bond motifs is 1. The fraction of sp³-hybridized carbons (Fsp3) is 0.348. The molecule has 1 aliphatic rings. The Morgan fingerprint density at radius 3 is 2.67 bits per heavy atom. The van der Waals surface area contributed by atoms with Crippen LogP contribution in [0, 0.1) is 17.1 Å². The van der Waals surface area contributed by atoms with Gasteiger partial charge >= 0.3 is 0 Å². The number of pyridine rings is 2. The molecule has 0 aliphatic carbocycles. The number of hydrogen-bond donors (Lipinski definition) is 0. The number of halogens is 1. The maximum atomic E-state index is 13.2. The van der Waals surface area contributed by atoms with E-state index < -0.39 is 0 Å². The lowest BCUT2D eigenvalue weighted by atomic mass is 10.1. The Hall–Kier alpha value is -3.24. The minimum absolute atomic E-state index is 0.0902. The lowest BCUT2D eigenvalue weighted by Gasteiger charge is -2.42. The van der Waals surface area contributed by atoms with Crippen LogP contribution in [0.15, 0.2) is 47.3 Å². The van der Waals surface area contributed by atoms with Crippen molar-refractivity contribution < 1.29 is 4.39 Å². The van der Waals surface area contributed by atoms with Gasteiger partial charge in [0, 0.05) is 45.3 Å². The molecule has 6 nitrogen and oxygen atoms in total. The van der Waals surface area contributed by atoms with Gasteiger partial charge in [-0.2, -0.15) is 5.26 Å². The minimum Gasteiger partial charge on any atom is -0.364 e. The second-order valence-corrected chi connectivity index (χ2v) is 7.72. The summed E-state index contributed by atoms with van der Waals surface area (Å²) in [5.41, 5.74) is 3.53. The molecule has 1 fully saturated rings. The first kappa shape index (κ1) is 20.0. The topological polar surface area (TPSA) is 65.2 Å². The van der Waals surface area contributed by atoms with Crippen molar-refractivity contribution in [3.63, 3.8) is 0 Å². The summed E-state index contributed by atoms with van der Waals surface area (Å²) in [6.45, 7) is 5.31. The lowest BCUT2D eigenvalue weighted by molar-refractivity contribution is 0.212. The van der Waals surface area contributed by atoms with E-state index in [1.54, 1.807) is 29.8 Å². The molecule has 1 aliphatic heterocycles. The Morgan fingerprint density at radius 1 is 1.20 bits per heavy atom. The monoisotopic (exact) mass is 405 g/mol.